The van der Waals surface area contributed by atoms with Crippen molar-refractivity contribution in [3.05, 3.63) is 24.3 Å². The van der Waals surface area contributed by atoms with Crippen LogP contribution in [0.3, 0.4) is 0 Å². The lowest BCUT2D eigenvalue weighted by atomic mass is 9.98. The van der Waals surface area contributed by atoms with Gasteiger partial charge in [-0.15, -0.1) is 0 Å². The SMILES string of the molecule is COc1cc2c(NCC(=O)OC3CCCCC3)ncnc2cc1F. The maximum atomic E-state index is 13.7. The van der Waals surface area contributed by atoms with Gasteiger partial charge in [0, 0.05) is 11.5 Å². The van der Waals surface area contributed by atoms with Crippen LogP contribution in [0.15, 0.2) is 18.5 Å². The van der Waals surface area contributed by atoms with Gasteiger partial charge in [0.1, 0.15) is 24.8 Å². The van der Waals surface area contributed by atoms with Crippen LogP contribution in [-0.4, -0.2) is 35.7 Å². The summed E-state index contributed by atoms with van der Waals surface area (Å²) in [4.78, 5) is 20.1. The Hall–Kier alpha value is -2.44. The molecule has 0 atom stereocenters. The summed E-state index contributed by atoms with van der Waals surface area (Å²) in [6.45, 7) is 0.00229. The van der Waals surface area contributed by atoms with E-state index in [4.69, 9.17) is 9.47 Å². The molecule has 1 saturated carbocycles. The van der Waals surface area contributed by atoms with E-state index in [1.165, 1.54) is 32.0 Å². The van der Waals surface area contributed by atoms with Gasteiger partial charge in [-0.3, -0.25) is 4.79 Å². The van der Waals surface area contributed by atoms with E-state index >= 15 is 0 Å². The molecular formula is C17H20FN3O3. The van der Waals surface area contributed by atoms with Gasteiger partial charge in [-0.2, -0.15) is 0 Å². The molecule has 0 bridgehead atoms. The first-order chi connectivity index (χ1) is 11.7. The molecule has 1 aliphatic rings. The summed E-state index contributed by atoms with van der Waals surface area (Å²) in [7, 11) is 1.39. The smallest absolute Gasteiger partial charge is 0.325 e. The van der Waals surface area contributed by atoms with Crippen molar-refractivity contribution in [2.24, 2.45) is 0 Å². The largest absolute Gasteiger partial charge is 0.494 e. The fourth-order valence-corrected chi connectivity index (χ4v) is 2.92. The molecule has 1 aromatic carbocycles. The number of nitrogens with zero attached hydrogens (tertiary/aromatic N) is 2. The van der Waals surface area contributed by atoms with Crippen LogP contribution in [0.5, 0.6) is 5.75 Å². The van der Waals surface area contributed by atoms with Crippen molar-refractivity contribution in [1.29, 1.82) is 0 Å². The van der Waals surface area contributed by atoms with Crippen LogP contribution in [0, 0.1) is 5.82 Å². The third kappa shape index (κ3) is 3.72. The Morgan fingerprint density at radius 1 is 1.29 bits per heavy atom. The van der Waals surface area contributed by atoms with Crippen molar-refractivity contribution in [2.75, 3.05) is 19.0 Å². The summed E-state index contributed by atoms with van der Waals surface area (Å²) < 4.78 is 24.2. The lowest BCUT2D eigenvalue weighted by Gasteiger charge is -2.21. The van der Waals surface area contributed by atoms with E-state index in [0.717, 1.165) is 25.7 Å². The number of halogens is 1. The zero-order chi connectivity index (χ0) is 16.9. The van der Waals surface area contributed by atoms with Crippen molar-refractivity contribution in [2.45, 2.75) is 38.2 Å². The molecule has 6 nitrogen and oxygen atoms in total. The highest BCUT2D eigenvalue weighted by Gasteiger charge is 2.18. The van der Waals surface area contributed by atoms with Crippen LogP contribution in [0.4, 0.5) is 10.2 Å². The van der Waals surface area contributed by atoms with E-state index in [1.807, 2.05) is 0 Å². The Bertz CT molecular complexity index is 732. The first-order valence-corrected chi connectivity index (χ1v) is 8.09. The number of aromatic nitrogens is 2. The van der Waals surface area contributed by atoms with Gasteiger partial charge in [0.05, 0.1) is 12.6 Å². The quantitative estimate of drug-likeness (QED) is 0.848. The molecule has 128 valence electrons. The molecule has 0 unspecified atom stereocenters. The van der Waals surface area contributed by atoms with Crippen molar-refractivity contribution >= 4 is 22.7 Å². The van der Waals surface area contributed by atoms with Crippen LogP contribution in [0.2, 0.25) is 0 Å². The fraction of sp³-hybridized carbons (Fsp3) is 0.471. The molecule has 7 heteroatoms. The molecule has 0 saturated heterocycles. The number of carbonyl (C=O) groups excluding carboxylic acids is 1. The Morgan fingerprint density at radius 3 is 2.83 bits per heavy atom. The molecule has 24 heavy (non-hydrogen) atoms. The van der Waals surface area contributed by atoms with Gasteiger partial charge in [0.25, 0.3) is 0 Å². The fourth-order valence-electron chi connectivity index (χ4n) is 2.92. The first-order valence-electron chi connectivity index (χ1n) is 8.09. The van der Waals surface area contributed by atoms with E-state index in [-0.39, 0.29) is 24.4 Å². The number of fused-ring (bicyclic) bond motifs is 1. The lowest BCUT2D eigenvalue weighted by Crippen LogP contribution is -2.25. The van der Waals surface area contributed by atoms with Gasteiger partial charge in [-0.05, 0) is 31.7 Å². The molecule has 1 heterocycles. The zero-order valence-electron chi connectivity index (χ0n) is 13.5. The number of hydrogen-bond donors (Lipinski definition) is 1. The second kappa shape index (κ2) is 7.42. The average Bonchev–Trinajstić information content (AvgIpc) is 2.60. The van der Waals surface area contributed by atoms with Gasteiger partial charge >= 0.3 is 5.97 Å². The summed E-state index contributed by atoms with van der Waals surface area (Å²) >= 11 is 0. The molecule has 0 aliphatic heterocycles. The van der Waals surface area contributed by atoms with Crippen LogP contribution in [0.1, 0.15) is 32.1 Å². The van der Waals surface area contributed by atoms with Crippen molar-refractivity contribution in [3.8, 4) is 5.75 Å². The van der Waals surface area contributed by atoms with Crippen molar-refractivity contribution < 1.29 is 18.7 Å². The summed E-state index contributed by atoms with van der Waals surface area (Å²) in [5, 5.41) is 3.53. The van der Waals surface area contributed by atoms with Crippen LogP contribution < -0.4 is 10.1 Å². The minimum Gasteiger partial charge on any atom is -0.494 e. The number of nitrogens with one attached hydrogen (secondary N) is 1. The minimum absolute atomic E-state index is 0.00229. The molecule has 1 fully saturated rings. The number of carbonyl (C=O) groups is 1. The summed E-state index contributed by atoms with van der Waals surface area (Å²) in [6, 6.07) is 2.79. The lowest BCUT2D eigenvalue weighted by molar-refractivity contribution is -0.148. The number of methoxy groups -OCH3 is 1. The van der Waals surface area contributed by atoms with Crippen LogP contribution >= 0.6 is 0 Å². The van der Waals surface area contributed by atoms with E-state index in [1.54, 1.807) is 0 Å². The third-order valence-corrected chi connectivity index (χ3v) is 4.16. The standard InChI is InChI=1S/C17H20FN3O3/c1-23-15-7-12-14(8-13(15)18)20-10-21-17(12)19-9-16(22)24-11-5-3-2-4-6-11/h7-8,10-11H,2-6,9H2,1H3,(H,19,20,21). The van der Waals surface area contributed by atoms with Crippen molar-refractivity contribution in [3.63, 3.8) is 0 Å². The Kier molecular flexibility index (Phi) is 5.08. The predicted molar refractivity (Wildman–Crippen MR) is 87.5 cm³/mol. The first kappa shape index (κ1) is 16.4. The molecule has 0 spiro atoms. The molecule has 0 amide bonds. The van der Waals surface area contributed by atoms with Gasteiger partial charge in [-0.1, -0.05) is 6.42 Å². The molecule has 0 radical (unpaired) electrons. The normalized spacial score (nSPS) is 15.2. The highest BCUT2D eigenvalue weighted by atomic mass is 19.1. The van der Waals surface area contributed by atoms with E-state index in [0.29, 0.717) is 16.7 Å². The van der Waals surface area contributed by atoms with Gasteiger partial charge < -0.3 is 14.8 Å². The predicted octanol–water partition coefficient (Wildman–Crippen LogP) is 3.07. The summed E-state index contributed by atoms with van der Waals surface area (Å²) in [5.41, 5.74) is 0.437. The maximum absolute atomic E-state index is 13.7. The van der Waals surface area contributed by atoms with E-state index < -0.39 is 5.82 Å². The average molecular weight is 333 g/mol. The third-order valence-electron chi connectivity index (χ3n) is 4.16. The second-order valence-electron chi connectivity index (χ2n) is 5.83. The monoisotopic (exact) mass is 333 g/mol. The van der Waals surface area contributed by atoms with E-state index in [2.05, 4.69) is 15.3 Å². The van der Waals surface area contributed by atoms with E-state index in [9.17, 15) is 9.18 Å². The summed E-state index contributed by atoms with van der Waals surface area (Å²) in [6.07, 6.45) is 6.61. The minimum atomic E-state index is -0.494. The molecular weight excluding hydrogens is 313 g/mol. The Labute approximate surface area is 139 Å². The topological polar surface area (TPSA) is 73.3 Å². The van der Waals surface area contributed by atoms with Gasteiger partial charge in [0.15, 0.2) is 11.6 Å². The number of anilines is 1. The van der Waals surface area contributed by atoms with Crippen molar-refractivity contribution in [1.82, 2.24) is 9.97 Å². The molecule has 1 aromatic heterocycles. The molecule has 1 aliphatic carbocycles. The zero-order valence-corrected chi connectivity index (χ0v) is 13.5. The Morgan fingerprint density at radius 2 is 2.08 bits per heavy atom. The number of rotatable bonds is 5. The van der Waals surface area contributed by atoms with Crippen LogP contribution in [-0.2, 0) is 9.53 Å². The van der Waals surface area contributed by atoms with Crippen LogP contribution in [0.25, 0.3) is 10.9 Å². The highest BCUT2D eigenvalue weighted by Crippen LogP contribution is 2.27. The maximum Gasteiger partial charge on any atom is 0.325 e. The Balaban J connectivity index is 1.69. The molecule has 3 rings (SSSR count). The number of esters is 1. The highest BCUT2D eigenvalue weighted by molar-refractivity contribution is 5.91. The molecule has 1 N–H and O–H groups in total. The molecule has 2 aromatic rings. The second-order valence-corrected chi connectivity index (χ2v) is 5.83. The number of ether oxygens (including phenoxy) is 2. The number of benzene rings is 1. The van der Waals surface area contributed by atoms with Gasteiger partial charge in [0.2, 0.25) is 0 Å². The summed E-state index contributed by atoms with van der Waals surface area (Å²) in [5.74, 6) is -0.266. The number of hydrogen-bond acceptors (Lipinski definition) is 6. The van der Waals surface area contributed by atoms with Gasteiger partial charge in [-0.25, -0.2) is 14.4 Å².